The molecule has 1 amide bonds. The summed E-state index contributed by atoms with van der Waals surface area (Å²) in [7, 11) is -2.34. The number of halogens is 1. The molecule has 1 aliphatic rings. The second kappa shape index (κ2) is 9.76. The number of para-hydroxylation sites is 1. The molecule has 1 fully saturated rings. The van der Waals surface area contributed by atoms with E-state index in [9.17, 15) is 18.0 Å². The van der Waals surface area contributed by atoms with Crippen LogP contribution in [0.3, 0.4) is 0 Å². The Hall–Kier alpha value is -2.53. The fourth-order valence-corrected chi connectivity index (χ4v) is 6.37. The number of hydrogen-bond donors (Lipinski definition) is 0. The molecule has 0 N–H and O–H groups in total. The second-order valence-electron chi connectivity index (χ2n) is 7.60. The van der Waals surface area contributed by atoms with Crippen molar-refractivity contribution in [3.63, 3.8) is 0 Å². The van der Waals surface area contributed by atoms with Crippen LogP contribution >= 0.6 is 22.9 Å². The molecule has 8 nitrogen and oxygen atoms in total. The van der Waals surface area contributed by atoms with Gasteiger partial charge in [-0.15, -0.1) is 0 Å². The minimum absolute atomic E-state index is 0.0512. The molecule has 33 heavy (non-hydrogen) atoms. The van der Waals surface area contributed by atoms with Gasteiger partial charge in [-0.25, -0.2) is 8.42 Å². The summed E-state index contributed by atoms with van der Waals surface area (Å²) in [4.78, 5) is 29.7. The first kappa shape index (κ1) is 23.6. The molecule has 0 aliphatic carbocycles. The van der Waals surface area contributed by atoms with Gasteiger partial charge >= 0.3 is 5.97 Å². The van der Waals surface area contributed by atoms with Crippen molar-refractivity contribution in [3.8, 4) is 0 Å². The Morgan fingerprint density at radius 1 is 1.12 bits per heavy atom. The number of methoxy groups -OCH3 is 1. The van der Waals surface area contributed by atoms with Crippen molar-refractivity contribution in [3.05, 3.63) is 58.4 Å². The lowest BCUT2D eigenvalue weighted by Gasteiger charge is -2.29. The largest absolute Gasteiger partial charge is 0.468 e. The zero-order valence-corrected chi connectivity index (χ0v) is 20.2. The molecule has 1 aliphatic heterocycles. The first-order valence-corrected chi connectivity index (χ1v) is 12.9. The van der Waals surface area contributed by atoms with Crippen molar-refractivity contribution in [1.29, 1.82) is 0 Å². The maximum Gasteiger partial charge on any atom is 0.325 e. The van der Waals surface area contributed by atoms with Gasteiger partial charge in [-0.3, -0.25) is 9.59 Å². The number of carbonyl (C=O) groups is 2. The topological polar surface area (TPSA) is 98.0 Å². The SMILES string of the molecule is COC(=O)Cn1c(=NC(=O)C2CCN(S(=O)(=O)c3ccc(Cl)cc3)CC2)sc2ccccc21. The molecule has 174 valence electrons. The van der Waals surface area contributed by atoms with Crippen molar-refractivity contribution in [2.24, 2.45) is 10.9 Å². The van der Waals surface area contributed by atoms with Crippen molar-refractivity contribution in [2.75, 3.05) is 20.2 Å². The van der Waals surface area contributed by atoms with Gasteiger partial charge in [-0.1, -0.05) is 35.1 Å². The number of ether oxygens (including phenoxy) is 1. The van der Waals surface area contributed by atoms with Gasteiger partial charge in [0.2, 0.25) is 10.0 Å². The molecule has 2 aromatic carbocycles. The Balaban J connectivity index is 1.53. The van der Waals surface area contributed by atoms with E-state index < -0.39 is 21.9 Å². The van der Waals surface area contributed by atoms with E-state index in [1.165, 1.54) is 47.0 Å². The van der Waals surface area contributed by atoms with Gasteiger partial charge in [0.15, 0.2) is 4.80 Å². The predicted octanol–water partition coefficient (Wildman–Crippen LogP) is 3.06. The Labute approximate surface area is 200 Å². The number of thiazole rings is 1. The highest BCUT2D eigenvalue weighted by Crippen LogP contribution is 2.25. The van der Waals surface area contributed by atoms with Crippen LogP contribution in [-0.4, -0.2) is 49.4 Å². The van der Waals surface area contributed by atoms with E-state index in [1.807, 2.05) is 24.3 Å². The molecule has 0 atom stereocenters. The number of piperidine rings is 1. The highest BCUT2D eigenvalue weighted by atomic mass is 35.5. The smallest absolute Gasteiger partial charge is 0.325 e. The summed E-state index contributed by atoms with van der Waals surface area (Å²) in [6.07, 6.45) is 0.744. The summed E-state index contributed by atoms with van der Waals surface area (Å²) in [6, 6.07) is 13.5. The summed E-state index contributed by atoms with van der Waals surface area (Å²) in [5.41, 5.74) is 0.795. The van der Waals surface area contributed by atoms with Crippen LogP contribution < -0.4 is 4.80 Å². The lowest BCUT2D eigenvalue weighted by molar-refractivity contribution is -0.141. The summed E-state index contributed by atoms with van der Waals surface area (Å²) in [5.74, 6) is -1.14. The highest BCUT2D eigenvalue weighted by Gasteiger charge is 2.32. The standard InChI is InChI=1S/C22H22ClN3O5S2/c1-31-20(27)14-26-18-4-2-3-5-19(18)32-22(26)24-21(28)15-10-12-25(13-11-15)33(29,30)17-8-6-16(23)7-9-17/h2-9,15H,10-14H2,1H3. The first-order chi connectivity index (χ1) is 15.8. The molecule has 11 heteroatoms. The number of sulfonamides is 1. The number of fused-ring (bicyclic) bond motifs is 1. The van der Waals surface area contributed by atoms with Crippen molar-refractivity contribution < 1.29 is 22.7 Å². The molecular weight excluding hydrogens is 486 g/mol. The van der Waals surface area contributed by atoms with Crippen molar-refractivity contribution in [1.82, 2.24) is 8.87 Å². The van der Waals surface area contributed by atoms with E-state index in [-0.39, 0.29) is 30.4 Å². The Kier molecular flexibility index (Phi) is 6.99. The number of esters is 1. The first-order valence-electron chi connectivity index (χ1n) is 10.3. The van der Waals surface area contributed by atoms with Crippen LogP contribution in [0.5, 0.6) is 0 Å². The van der Waals surface area contributed by atoms with Gasteiger partial charge in [0.1, 0.15) is 6.54 Å². The predicted molar refractivity (Wildman–Crippen MR) is 125 cm³/mol. The Bertz CT molecular complexity index is 1350. The van der Waals surface area contributed by atoms with E-state index >= 15 is 0 Å². The molecule has 0 unspecified atom stereocenters. The highest BCUT2D eigenvalue weighted by molar-refractivity contribution is 7.89. The molecule has 4 rings (SSSR count). The lowest BCUT2D eigenvalue weighted by Crippen LogP contribution is -2.40. The lowest BCUT2D eigenvalue weighted by atomic mass is 9.98. The molecule has 1 saturated heterocycles. The van der Waals surface area contributed by atoms with Crippen LogP contribution in [0.15, 0.2) is 58.4 Å². The molecular formula is C22H22ClN3O5S2. The number of rotatable bonds is 5. The van der Waals surface area contributed by atoms with Crippen LogP contribution in [0.2, 0.25) is 5.02 Å². The van der Waals surface area contributed by atoms with Crippen LogP contribution in [0, 0.1) is 5.92 Å². The van der Waals surface area contributed by atoms with E-state index in [0.29, 0.717) is 22.7 Å². The number of nitrogens with zero attached hydrogens (tertiary/aromatic N) is 3. The number of hydrogen-bond acceptors (Lipinski definition) is 6. The van der Waals surface area contributed by atoms with E-state index in [4.69, 9.17) is 16.3 Å². The zero-order valence-electron chi connectivity index (χ0n) is 17.8. The van der Waals surface area contributed by atoms with Crippen LogP contribution in [0.25, 0.3) is 10.2 Å². The quantitative estimate of drug-likeness (QED) is 0.494. The summed E-state index contributed by atoms with van der Waals surface area (Å²) >= 11 is 7.18. The maximum atomic E-state index is 12.9. The van der Waals surface area contributed by atoms with Gasteiger partial charge in [0.05, 0.1) is 22.2 Å². The van der Waals surface area contributed by atoms with E-state index in [2.05, 4.69) is 4.99 Å². The van der Waals surface area contributed by atoms with Crippen LogP contribution in [-0.2, 0) is 30.9 Å². The Morgan fingerprint density at radius 3 is 2.45 bits per heavy atom. The third-order valence-corrected chi connectivity index (χ3v) is 8.79. The molecule has 2 heterocycles. The molecule has 0 radical (unpaired) electrons. The minimum Gasteiger partial charge on any atom is -0.468 e. The van der Waals surface area contributed by atoms with Gasteiger partial charge in [-0.05, 0) is 49.2 Å². The third kappa shape index (κ3) is 5.03. The van der Waals surface area contributed by atoms with Gasteiger partial charge < -0.3 is 9.30 Å². The zero-order chi connectivity index (χ0) is 23.6. The Morgan fingerprint density at radius 2 is 1.79 bits per heavy atom. The fraction of sp³-hybridized carbons (Fsp3) is 0.318. The summed E-state index contributed by atoms with van der Waals surface area (Å²) in [5, 5.41) is 0.463. The average Bonchev–Trinajstić information content (AvgIpc) is 3.16. The van der Waals surface area contributed by atoms with Crippen LogP contribution in [0.1, 0.15) is 12.8 Å². The second-order valence-corrected chi connectivity index (χ2v) is 11.0. The van der Waals surface area contributed by atoms with Crippen molar-refractivity contribution >= 4 is 55.1 Å². The van der Waals surface area contributed by atoms with E-state index in [1.54, 1.807) is 4.57 Å². The maximum absolute atomic E-state index is 12.9. The molecule has 1 aromatic heterocycles. The van der Waals surface area contributed by atoms with Crippen molar-refractivity contribution in [2.45, 2.75) is 24.3 Å². The fourth-order valence-electron chi connectivity index (χ4n) is 3.74. The van der Waals surface area contributed by atoms with Crippen LogP contribution in [0.4, 0.5) is 0 Å². The average molecular weight is 508 g/mol. The number of amides is 1. The number of benzene rings is 2. The number of aromatic nitrogens is 1. The number of carbonyl (C=O) groups excluding carboxylic acids is 2. The molecule has 0 bridgehead atoms. The summed E-state index contributed by atoms with van der Waals surface area (Å²) in [6.45, 7) is 0.404. The molecule has 3 aromatic rings. The molecule has 0 saturated carbocycles. The molecule has 0 spiro atoms. The monoisotopic (exact) mass is 507 g/mol. The minimum atomic E-state index is -3.65. The summed E-state index contributed by atoms with van der Waals surface area (Å²) < 4.78 is 34.5. The van der Waals surface area contributed by atoms with E-state index in [0.717, 1.165) is 10.2 Å². The van der Waals surface area contributed by atoms with Gasteiger partial charge in [0, 0.05) is 24.0 Å². The third-order valence-electron chi connectivity index (χ3n) is 5.56. The van der Waals surface area contributed by atoms with Gasteiger partial charge in [-0.2, -0.15) is 9.30 Å². The van der Waals surface area contributed by atoms with Gasteiger partial charge in [0.25, 0.3) is 5.91 Å². The normalized spacial score (nSPS) is 16.2.